The number of aromatic nitrogens is 4. The van der Waals surface area contributed by atoms with Crippen LogP contribution in [-0.4, -0.2) is 56.7 Å². The van der Waals surface area contributed by atoms with Gasteiger partial charge in [-0.05, 0) is 71.2 Å². The van der Waals surface area contributed by atoms with Gasteiger partial charge in [-0.2, -0.15) is 5.10 Å². The molecule has 1 aliphatic rings. The number of carbonyl (C=O) groups is 2. The fraction of sp³-hybridized carbons (Fsp3) is 0.226. The van der Waals surface area contributed by atoms with Crippen molar-refractivity contribution in [3.05, 3.63) is 89.5 Å². The molecule has 0 aliphatic carbocycles. The molecule has 8 nitrogen and oxygen atoms in total. The van der Waals surface area contributed by atoms with E-state index in [4.69, 9.17) is 5.10 Å². The Morgan fingerprint density at radius 2 is 1.69 bits per heavy atom. The van der Waals surface area contributed by atoms with Gasteiger partial charge in [0.2, 0.25) is 0 Å². The number of pyridine rings is 1. The lowest BCUT2D eigenvalue weighted by molar-refractivity contribution is -0.122. The molecule has 0 saturated carbocycles. The Labute approximate surface area is 226 Å². The molecule has 1 aliphatic heterocycles. The van der Waals surface area contributed by atoms with Crippen LogP contribution in [0.25, 0.3) is 38.6 Å². The van der Waals surface area contributed by atoms with Gasteiger partial charge in [0.15, 0.2) is 0 Å². The van der Waals surface area contributed by atoms with Crippen LogP contribution in [0.3, 0.4) is 0 Å². The summed E-state index contributed by atoms with van der Waals surface area (Å²) < 4.78 is 4.04. The van der Waals surface area contributed by atoms with E-state index < -0.39 is 11.8 Å². The van der Waals surface area contributed by atoms with E-state index in [0.717, 1.165) is 57.3 Å². The molecule has 4 heterocycles. The molecular formula is C31H30N6O2. The number of hydrogen-bond donors (Lipinski definition) is 1. The summed E-state index contributed by atoms with van der Waals surface area (Å²) in [6.45, 7) is 5.63. The van der Waals surface area contributed by atoms with Gasteiger partial charge in [-0.25, -0.2) is 0 Å². The third-order valence-corrected chi connectivity index (χ3v) is 7.31. The molecule has 2 amide bonds. The van der Waals surface area contributed by atoms with Crippen molar-refractivity contribution in [2.45, 2.75) is 26.8 Å². The Morgan fingerprint density at radius 3 is 2.46 bits per heavy atom. The highest BCUT2D eigenvalue weighted by molar-refractivity contribution is 6.50. The van der Waals surface area contributed by atoms with Crippen LogP contribution in [-0.2, 0) is 16.1 Å². The second kappa shape index (κ2) is 9.63. The van der Waals surface area contributed by atoms with Crippen molar-refractivity contribution in [3.63, 3.8) is 0 Å². The maximum atomic E-state index is 13.5. The Morgan fingerprint density at radius 1 is 0.897 bits per heavy atom. The number of imide groups is 1. The van der Waals surface area contributed by atoms with Crippen LogP contribution in [0.1, 0.15) is 28.9 Å². The summed E-state index contributed by atoms with van der Waals surface area (Å²) in [7, 11) is 4.09. The number of carbonyl (C=O) groups excluding carboxylic acids is 2. The van der Waals surface area contributed by atoms with Crippen LogP contribution in [0.2, 0.25) is 0 Å². The van der Waals surface area contributed by atoms with Crippen LogP contribution in [0, 0.1) is 13.8 Å². The van der Waals surface area contributed by atoms with Gasteiger partial charge in [0, 0.05) is 34.8 Å². The molecule has 6 rings (SSSR count). The average molecular weight is 519 g/mol. The SMILES string of the molecule is Cc1ccc2c(c1)c(C1=C(c3nn(CCCN(C)C)c4ccccc34)C(=O)NC1=O)c(C)n2-c1cccnc1. The zero-order valence-corrected chi connectivity index (χ0v) is 22.5. The molecule has 0 radical (unpaired) electrons. The minimum absolute atomic E-state index is 0.317. The average Bonchev–Trinajstić information content (AvgIpc) is 3.51. The van der Waals surface area contributed by atoms with Crippen LogP contribution in [0.5, 0.6) is 0 Å². The molecule has 3 aromatic heterocycles. The maximum absolute atomic E-state index is 13.5. The second-order valence-electron chi connectivity index (χ2n) is 10.3. The zero-order valence-electron chi connectivity index (χ0n) is 22.5. The van der Waals surface area contributed by atoms with Crippen molar-refractivity contribution in [1.29, 1.82) is 0 Å². The quantitative estimate of drug-likeness (QED) is 0.321. The third kappa shape index (κ3) is 4.13. The zero-order chi connectivity index (χ0) is 27.3. The van der Waals surface area contributed by atoms with Gasteiger partial charge in [0.25, 0.3) is 11.8 Å². The summed E-state index contributed by atoms with van der Waals surface area (Å²) in [6, 6.07) is 17.9. The summed E-state index contributed by atoms with van der Waals surface area (Å²) in [4.78, 5) is 33.4. The van der Waals surface area contributed by atoms with Crippen molar-refractivity contribution in [3.8, 4) is 5.69 Å². The van der Waals surface area contributed by atoms with Gasteiger partial charge in [0.1, 0.15) is 5.69 Å². The summed E-state index contributed by atoms with van der Waals surface area (Å²) in [5.41, 5.74) is 6.64. The molecular weight excluding hydrogens is 488 g/mol. The van der Waals surface area contributed by atoms with E-state index in [0.29, 0.717) is 23.4 Å². The largest absolute Gasteiger partial charge is 0.312 e. The van der Waals surface area contributed by atoms with Crippen LogP contribution in [0.15, 0.2) is 67.0 Å². The Kier molecular flexibility index (Phi) is 6.12. The molecule has 196 valence electrons. The van der Waals surface area contributed by atoms with Crippen molar-refractivity contribution >= 4 is 44.8 Å². The number of para-hydroxylation sites is 1. The minimum Gasteiger partial charge on any atom is -0.312 e. The minimum atomic E-state index is -0.423. The Bertz CT molecular complexity index is 1790. The molecule has 1 N–H and O–H groups in total. The van der Waals surface area contributed by atoms with Crippen molar-refractivity contribution in [1.82, 2.24) is 29.5 Å². The number of benzene rings is 2. The molecule has 8 heteroatoms. The molecule has 0 spiro atoms. The lowest BCUT2D eigenvalue weighted by atomic mass is 9.95. The molecule has 5 aromatic rings. The summed E-state index contributed by atoms with van der Waals surface area (Å²) in [5, 5.41) is 9.26. The lowest BCUT2D eigenvalue weighted by Gasteiger charge is -2.09. The van der Waals surface area contributed by atoms with E-state index in [9.17, 15) is 9.59 Å². The van der Waals surface area contributed by atoms with Gasteiger partial charge in [0.05, 0.1) is 34.1 Å². The van der Waals surface area contributed by atoms with E-state index in [-0.39, 0.29) is 0 Å². The predicted octanol–water partition coefficient (Wildman–Crippen LogP) is 4.51. The maximum Gasteiger partial charge on any atom is 0.261 e. The van der Waals surface area contributed by atoms with Gasteiger partial charge in [-0.1, -0.05) is 29.8 Å². The Hall–Kier alpha value is -4.56. The molecule has 0 fully saturated rings. The molecule has 0 bridgehead atoms. The molecule has 0 atom stereocenters. The monoisotopic (exact) mass is 518 g/mol. The van der Waals surface area contributed by atoms with Crippen LogP contribution >= 0.6 is 0 Å². The molecule has 0 unspecified atom stereocenters. The fourth-order valence-electron chi connectivity index (χ4n) is 5.61. The normalized spacial score (nSPS) is 13.9. The van der Waals surface area contributed by atoms with E-state index in [1.807, 2.05) is 69.0 Å². The van der Waals surface area contributed by atoms with Gasteiger partial charge >= 0.3 is 0 Å². The highest BCUT2D eigenvalue weighted by atomic mass is 16.2. The lowest BCUT2D eigenvalue weighted by Crippen LogP contribution is -2.23. The summed E-state index contributed by atoms with van der Waals surface area (Å²) in [6.07, 6.45) is 4.44. The predicted molar refractivity (Wildman–Crippen MR) is 153 cm³/mol. The van der Waals surface area contributed by atoms with Crippen LogP contribution < -0.4 is 5.32 Å². The first-order valence-electron chi connectivity index (χ1n) is 13.1. The molecule has 39 heavy (non-hydrogen) atoms. The number of aryl methyl sites for hydroxylation is 2. The van der Waals surface area contributed by atoms with Crippen LogP contribution in [0.4, 0.5) is 0 Å². The first-order chi connectivity index (χ1) is 18.8. The highest BCUT2D eigenvalue weighted by Gasteiger charge is 2.37. The van der Waals surface area contributed by atoms with Gasteiger partial charge in [-0.15, -0.1) is 0 Å². The summed E-state index contributed by atoms with van der Waals surface area (Å²) >= 11 is 0. The van der Waals surface area contributed by atoms with Gasteiger partial charge < -0.3 is 9.47 Å². The number of nitrogens with one attached hydrogen (secondary N) is 1. The van der Waals surface area contributed by atoms with E-state index >= 15 is 0 Å². The Balaban J connectivity index is 1.63. The van der Waals surface area contributed by atoms with E-state index in [1.165, 1.54) is 0 Å². The third-order valence-electron chi connectivity index (χ3n) is 7.31. The first kappa shape index (κ1) is 24.8. The van der Waals surface area contributed by atoms with E-state index in [1.54, 1.807) is 12.4 Å². The molecule has 0 saturated heterocycles. The number of hydrogen-bond acceptors (Lipinski definition) is 5. The number of fused-ring (bicyclic) bond motifs is 2. The van der Waals surface area contributed by atoms with Gasteiger partial charge in [-0.3, -0.25) is 24.6 Å². The second-order valence-corrected chi connectivity index (χ2v) is 10.3. The van der Waals surface area contributed by atoms with E-state index in [2.05, 4.69) is 38.0 Å². The number of rotatable bonds is 7. The number of nitrogens with zero attached hydrogens (tertiary/aromatic N) is 5. The summed E-state index contributed by atoms with van der Waals surface area (Å²) in [5.74, 6) is -0.830. The highest BCUT2D eigenvalue weighted by Crippen LogP contribution is 2.41. The number of amides is 2. The smallest absolute Gasteiger partial charge is 0.261 e. The van der Waals surface area contributed by atoms with Crippen molar-refractivity contribution < 1.29 is 9.59 Å². The topological polar surface area (TPSA) is 85.0 Å². The standard InChI is InChI=1S/C31H30N6O2/c1-19-12-13-25-23(17-19)26(20(2)37(25)21-9-7-14-32-18-21)27-28(31(39)33-30(27)38)29-22-10-5-6-11-24(22)36(34-29)16-8-15-35(3)4/h5-7,9-14,17-18H,8,15-16H2,1-4H3,(H,33,38,39). The van der Waals surface area contributed by atoms with Crippen molar-refractivity contribution in [2.75, 3.05) is 20.6 Å². The van der Waals surface area contributed by atoms with Crippen molar-refractivity contribution in [2.24, 2.45) is 0 Å². The first-order valence-corrected chi connectivity index (χ1v) is 13.1. The molecule has 2 aromatic carbocycles. The fourth-order valence-corrected chi connectivity index (χ4v) is 5.61.